The second-order valence-electron chi connectivity index (χ2n) is 6.28. The smallest absolute Gasteiger partial charge is 0.243 e. The lowest BCUT2D eigenvalue weighted by Gasteiger charge is -2.20. The van der Waals surface area contributed by atoms with E-state index < -0.39 is 10.0 Å². The molecule has 0 saturated heterocycles. The Morgan fingerprint density at radius 2 is 1.75 bits per heavy atom. The van der Waals surface area contributed by atoms with Gasteiger partial charge < -0.3 is 10.6 Å². The molecule has 0 heterocycles. The summed E-state index contributed by atoms with van der Waals surface area (Å²) in [4.78, 5) is 11.7. The number of nitrogens with zero attached hydrogens (tertiary/aromatic N) is 1. The molecule has 8 heteroatoms. The van der Waals surface area contributed by atoms with Crippen LogP contribution in [0.4, 0.5) is 11.4 Å². The van der Waals surface area contributed by atoms with Crippen molar-refractivity contribution < 1.29 is 13.2 Å². The molecule has 2 aromatic carbocycles. The summed E-state index contributed by atoms with van der Waals surface area (Å²) in [6, 6.07) is 11.9. The summed E-state index contributed by atoms with van der Waals surface area (Å²) >= 11 is 5.35. The predicted octanol–water partition coefficient (Wildman–Crippen LogP) is 4.04. The number of hydrogen-bond acceptors (Lipinski definition) is 4. The van der Waals surface area contributed by atoms with Gasteiger partial charge in [0.25, 0.3) is 0 Å². The third-order valence-corrected chi connectivity index (χ3v) is 6.58. The van der Waals surface area contributed by atoms with E-state index in [1.54, 1.807) is 42.5 Å². The Hall–Kier alpha value is -2.29. The van der Waals surface area contributed by atoms with Crippen LogP contribution in [-0.4, -0.2) is 36.7 Å². The first-order valence-electron chi connectivity index (χ1n) is 8.98. The van der Waals surface area contributed by atoms with Crippen LogP contribution < -0.4 is 10.6 Å². The van der Waals surface area contributed by atoms with Crippen molar-refractivity contribution in [3.63, 3.8) is 0 Å². The molecule has 2 rings (SSSR count). The van der Waals surface area contributed by atoms with Crippen molar-refractivity contribution in [2.75, 3.05) is 23.7 Å². The van der Waals surface area contributed by atoms with E-state index >= 15 is 0 Å². The van der Waals surface area contributed by atoms with E-state index in [9.17, 15) is 13.2 Å². The van der Waals surface area contributed by atoms with Crippen LogP contribution >= 0.6 is 12.2 Å². The highest BCUT2D eigenvalue weighted by Crippen LogP contribution is 2.23. The van der Waals surface area contributed by atoms with Crippen molar-refractivity contribution in [2.45, 2.75) is 32.6 Å². The first-order valence-corrected chi connectivity index (χ1v) is 10.8. The quantitative estimate of drug-likeness (QED) is 0.521. The minimum atomic E-state index is -3.56. The molecule has 0 saturated carbocycles. The van der Waals surface area contributed by atoms with Gasteiger partial charge in [-0.05, 0) is 55.9 Å². The van der Waals surface area contributed by atoms with Gasteiger partial charge in [-0.2, -0.15) is 4.31 Å². The fraction of sp³-hybridized carbons (Fsp3) is 0.300. The maximum Gasteiger partial charge on any atom is 0.243 e. The van der Waals surface area contributed by atoms with Gasteiger partial charge in [-0.15, -0.1) is 0 Å². The fourth-order valence-corrected chi connectivity index (χ4v) is 4.42. The molecule has 150 valence electrons. The summed E-state index contributed by atoms with van der Waals surface area (Å²) in [5.41, 5.74) is 2.72. The number of sulfonamides is 1. The number of aryl methyl sites for hydroxylation is 1. The molecule has 0 amide bonds. The predicted molar refractivity (Wildman–Crippen MR) is 118 cm³/mol. The standard InChI is InChI=1S/C20H25N3O3S2/c1-5-23(6-2)28(25,26)18-11-10-14(3)19(13-18)22-20(27)21-17-9-7-8-16(12-17)15(4)24/h7-13H,5-6H2,1-4H3,(H2,21,22,27). The van der Waals surface area contributed by atoms with Crippen molar-refractivity contribution in [3.8, 4) is 0 Å². The highest BCUT2D eigenvalue weighted by atomic mass is 32.2. The molecular weight excluding hydrogens is 394 g/mol. The third-order valence-electron chi connectivity index (χ3n) is 4.33. The molecule has 0 aliphatic rings. The molecule has 0 bridgehead atoms. The number of anilines is 2. The Morgan fingerprint density at radius 1 is 1.07 bits per heavy atom. The van der Waals surface area contributed by atoms with Crippen LogP contribution in [-0.2, 0) is 10.0 Å². The molecule has 0 aliphatic heterocycles. The number of nitrogens with one attached hydrogen (secondary N) is 2. The molecule has 6 nitrogen and oxygen atoms in total. The van der Waals surface area contributed by atoms with Crippen LogP contribution in [0.25, 0.3) is 0 Å². The Kier molecular flexibility index (Phi) is 7.29. The van der Waals surface area contributed by atoms with Crippen molar-refractivity contribution in [1.29, 1.82) is 0 Å². The molecule has 0 fully saturated rings. The average molecular weight is 420 g/mol. The molecule has 0 unspecified atom stereocenters. The summed E-state index contributed by atoms with van der Waals surface area (Å²) in [6.07, 6.45) is 0. The van der Waals surface area contributed by atoms with E-state index in [1.807, 2.05) is 20.8 Å². The van der Waals surface area contributed by atoms with Gasteiger partial charge in [0.1, 0.15) is 0 Å². The molecule has 0 aromatic heterocycles. The lowest BCUT2D eigenvalue weighted by Crippen LogP contribution is -2.30. The van der Waals surface area contributed by atoms with Gasteiger partial charge in [0.15, 0.2) is 10.9 Å². The maximum absolute atomic E-state index is 12.8. The van der Waals surface area contributed by atoms with Gasteiger partial charge in [-0.1, -0.05) is 32.0 Å². The summed E-state index contributed by atoms with van der Waals surface area (Å²) in [5.74, 6) is -0.0346. The van der Waals surface area contributed by atoms with E-state index in [1.165, 1.54) is 11.2 Å². The molecule has 0 atom stereocenters. The Bertz CT molecular complexity index is 984. The lowest BCUT2D eigenvalue weighted by molar-refractivity contribution is 0.101. The van der Waals surface area contributed by atoms with Crippen molar-refractivity contribution in [2.24, 2.45) is 0 Å². The number of carbonyl (C=O) groups is 1. The monoisotopic (exact) mass is 419 g/mol. The number of thiocarbonyl (C=S) groups is 1. The van der Waals surface area contributed by atoms with Crippen molar-refractivity contribution in [3.05, 3.63) is 53.6 Å². The van der Waals surface area contributed by atoms with Gasteiger partial charge in [-0.25, -0.2) is 8.42 Å². The van der Waals surface area contributed by atoms with Gasteiger partial charge in [0, 0.05) is 30.0 Å². The zero-order valence-corrected chi connectivity index (χ0v) is 18.1. The SMILES string of the molecule is CCN(CC)S(=O)(=O)c1ccc(C)c(NC(=S)Nc2cccc(C(C)=O)c2)c1. The number of benzene rings is 2. The summed E-state index contributed by atoms with van der Waals surface area (Å²) in [5, 5.41) is 6.38. The summed E-state index contributed by atoms with van der Waals surface area (Å²) in [7, 11) is -3.56. The minimum absolute atomic E-state index is 0.0346. The van der Waals surface area contributed by atoms with E-state index in [2.05, 4.69) is 10.6 Å². The first-order chi connectivity index (χ1) is 13.2. The Balaban J connectivity index is 2.23. The highest BCUT2D eigenvalue weighted by molar-refractivity contribution is 7.89. The number of carbonyl (C=O) groups excluding carboxylic acids is 1. The molecule has 2 aromatic rings. The van der Waals surface area contributed by atoms with Gasteiger partial charge >= 0.3 is 0 Å². The molecule has 0 spiro atoms. The van der Waals surface area contributed by atoms with Gasteiger partial charge in [-0.3, -0.25) is 4.79 Å². The lowest BCUT2D eigenvalue weighted by atomic mass is 10.1. The van der Waals surface area contributed by atoms with Gasteiger partial charge in [0.05, 0.1) is 4.90 Å². The number of hydrogen-bond donors (Lipinski definition) is 2. The highest BCUT2D eigenvalue weighted by Gasteiger charge is 2.22. The molecule has 0 aliphatic carbocycles. The molecule has 28 heavy (non-hydrogen) atoms. The molecule has 2 N–H and O–H groups in total. The Labute approximate surface area is 172 Å². The molecule has 0 radical (unpaired) electrons. The molecular formula is C20H25N3O3S2. The van der Waals surface area contributed by atoms with Gasteiger partial charge in [0.2, 0.25) is 10.0 Å². The number of Topliss-reactive ketones (excluding diaryl/α,β-unsaturated/α-hetero) is 1. The van der Waals surface area contributed by atoms with E-state index in [0.717, 1.165) is 5.56 Å². The average Bonchev–Trinajstić information content (AvgIpc) is 2.64. The van der Waals surface area contributed by atoms with Crippen molar-refractivity contribution in [1.82, 2.24) is 4.31 Å². The first kappa shape index (κ1) is 22.0. The zero-order valence-electron chi connectivity index (χ0n) is 16.4. The van der Waals surface area contributed by atoms with E-state index in [4.69, 9.17) is 12.2 Å². The van der Waals surface area contributed by atoms with Crippen molar-refractivity contribution >= 4 is 44.5 Å². The van der Waals surface area contributed by atoms with Crippen LogP contribution in [0.5, 0.6) is 0 Å². The van der Waals surface area contributed by atoms with Crippen LogP contribution in [0.3, 0.4) is 0 Å². The van der Waals surface area contributed by atoms with Crippen LogP contribution in [0.1, 0.15) is 36.7 Å². The maximum atomic E-state index is 12.8. The van der Waals surface area contributed by atoms with E-state index in [0.29, 0.717) is 35.1 Å². The second-order valence-corrected chi connectivity index (χ2v) is 8.63. The van der Waals surface area contributed by atoms with E-state index in [-0.39, 0.29) is 10.7 Å². The fourth-order valence-electron chi connectivity index (χ4n) is 2.71. The topological polar surface area (TPSA) is 78.5 Å². The third kappa shape index (κ3) is 5.15. The number of ketones is 1. The summed E-state index contributed by atoms with van der Waals surface area (Å²) < 4.78 is 26.9. The second kappa shape index (κ2) is 9.27. The van der Waals surface area contributed by atoms with Crippen LogP contribution in [0.15, 0.2) is 47.4 Å². The van der Waals surface area contributed by atoms with Crippen LogP contribution in [0.2, 0.25) is 0 Å². The Morgan fingerprint density at radius 3 is 2.36 bits per heavy atom. The number of rotatable bonds is 7. The normalized spacial score (nSPS) is 11.3. The summed E-state index contributed by atoms with van der Waals surface area (Å²) in [6.45, 7) is 7.80. The zero-order chi connectivity index (χ0) is 20.9. The minimum Gasteiger partial charge on any atom is -0.332 e. The van der Waals surface area contributed by atoms with Crippen LogP contribution in [0, 0.1) is 6.92 Å². The largest absolute Gasteiger partial charge is 0.332 e.